The number of thiophene rings is 1. The molecule has 0 radical (unpaired) electrons. The first kappa shape index (κ1) is 12.1. The molecule has 0 saturated heterocycles. The van der Waals surface area contributed by atoms with Gasteiger partial charge >= 0.3 is 5.97 Å². The summed E-state index contributed by atoms with van der Waals surface area (Å²) in [6.45, 7) is 0. The first-order valence-corrected chi connectivity index (χ1v) is 6.51. The largest absolute Gasteiger partial charge is 0.481 e. The molecule has 0 aliphatic carbocycles. The number of aliphatic carboxylic acids is 1. The Labute approximate surface area is 116 Å². The Balaban J connectivity index is 2.14. The van der Waals surface area contributed by atoms with E-state index in [9.17, 15) is 4.79 Å². The van der Waals surface area contributed by atoms with E-state index in [0.717, 1.165) is 10.6 Å². The van der Waals surface area contributed by atoms with Gasteiger partial charge in [-0.3, -0.25) is 4.79 Å². The summed E-state index contributed by atoms with van der Waals surface area (Å²) in [6, 6.07) is 5.46. The van der Waals surface area contributed by atoms with Crippen LogP contribution in [0, 0.1) is 0 Å². The van der Waals surface area contributed by atoms with Crippen molar-refractivity contribution in [2.24, 2.45) is 0 Å². The third-order valence-electron chi connectivity index (χ3n) is 2.42. The molecule has 96 valence electrons. The molecule has 8 heteroatoms. The second kappa shape index (κ2) is 4.60. The molecule has 3 aromatic rings. The number of hydrogen-bond donors (Lipinski definition) is 1. The number of carbonyl (C=O) groups is 1. The maximum absolute atomic E-state index is 10.7. The fourth-order valence-corrected chi connectivity index (χ4v) is 2.74. The van der Waals surface area contributed by atoms with Gasteiger partial charge in [-0.25, -0.2) is 4.98 Å². The molecule has 0 spiro atoms. The maximum atomic E-state index is 10.7. The third kappa shape index (κ3) is 2.29. The van der Waals surface area contributed by atoms with Crippen molar-refractivity contribution < 1.29 is 9.90 Å². The van der Waals surface area contributed by atoms with E-state index in [1.165, 1.54) is 15.9 Å². The van der Waals surface area contributed by atoms with Crippen molar-refractivity contribution in [3.05, 3.63) is 34.6 Å². The van der Waals surface area contributed by atoms with Gasteiger partial charge in [0.1, 0.15) is 6.42 Å². The Bertz CT molecular complexity index is 767. The molecular weight excluding hydrogens is 288 g/mol. The summed E-state index contributed by atoms with van der Waals surface area (Å²) in [6.07, 6.45) is 1.38. The fraction of sp³-hybridized carbons (Fsp3) is 0.0909. The minimum atomic E-state index is -0.975. The van der Waals surface area contributed by atoms with Gasteiger partial charge in [0.2, 0.25) is 0 Å². The van der Waals surface area contributed by atoms with Crippen LogP contribution in [-0.2, 0) is 11.2 Å². The van der Waals surface area contributed by atoms with Gasteiger partial charge < -0.3 is 5.11 Å². The van der Waals surface area contributed by atoms with Crippen LogP contribution in [-0.4, -0.2) is 30.7 Å². The number of carboxylic acid groups (broad SMARTS) is 1. The molecule has 0 atom stereocenters. The first-order valence-electron chi connectivity index (χ1n) is 5.31. The Morgan fingerprint density at radius 1 is 1.42 bits per heavy atom. The molecular formula is C11H7ClN4O2S. The van der Waals surface area contributed by atoms with Gasteiger partial charge in [-0.15, -0.1) is 16.4 Å². The second-order valence-corrected chi connectivity index (χ2v) is 5.46. The molecule has 0 bridgehead atoms. The summed E-state index contributed by atoms with van der Waals surface area (Å²) in [5.41, 5.74) is 0.783. The van der Waals surface area contributed by atoms with E-state index in [1.54, 1.807) is 18.3 Å². The number of aromatic nitrogens is 4. The van der Waals surface area contributed by atoms with Crippen LogP contribution in [0.25, 0.3) is 16.3 Å². The molecule has 0 amide bonds. The lowest BCUT2D eigenvalue weighted by molar-refractivity contribution is -0.136. The number of nitrogens with zero attached hydrogens (tertiary/aromatic N) is 4. The van der Waals surface area contributed by atoms with Crippen molar-refractivity contribution in [2.75, 3.05) is 0 Å². The summed E-state index contributed by atoms with van der Waals surface area (Å²) >= 11 is 7.33. The van der Waals surface area contributed by atoms with Crippen molar-refractivity contribution in [1.82, 2.24) is 19.6 Å². The Morgan fingerprint density at radius 2 is 2.26 bits per heavy atom. The maximum Gasteiger partial charge on any atom is 0.311 e. The molecule has 3 rings (SSSR count). The zero-order chi connectivity index (χ0) is 13.4. The van der Waals surface area contributed by atoms with Crippen LogP contribution in [0.15, 0.2) is 24.4 Å². The average Bonchev–Trinajstić information content (AvgIpc) is 2.93. The summed E-state index contributed by atoms with van der Waals surface area (Å²) < 4.78 is 2.20. The topological polar surface area (TPSA) is 80.4 Å². The highest BCUT2D eigenvalue weighted by molar-refractivity contribution is 7.19. The molecule has 0 unspecified atom stereocenters. The van der Waals surface area contributed by atoms with E-state index in [2.05, 4.69) is 15.1 Å². The lowest BCUT2D eigenvalue weighted by atomic mass is 10.3. The van der Waals surface area contributed by atoms with Gasteiger partial charge in [0, 0.05) is 6.20 Å². The van der Waals surface area contributed by atoms with Crippen LogP contribution in [0.5, 0.6) is 0 Å². The smallest absolute Gasteiger partial charge is 0.311 e. The number of fused-ring (bicyclic) bond motifs is 1. The van der Waals surface area contributed by atoms with Crippen molar-refractivity contribution >= 4 is 34.7 Å². The highest BCUT2D eigenvalue weighted by Crippen LogP contribution is 2.30. The Kier molecular flexibility index (Phi) is 2.92. The molecule has 0 aliphatic heterocycles. The zero-order valence-electron chi connectivity index (χ0n) is 9.45. The average molecular weight is 295 g/mol. The molecule has 0 saturated carbocycles. The number of rotatable bonds is 3. The lowest BCUT2D eigenvalue weighted by Crippen LogP contribution is -2.02. The van der Waals surface area contributed by atoms with Crippen LogP contribution in [0.1, 0.15) is 5.82 Å². The van der Waals surface area contributed by atoms with Crippen LogP contribution in [0.4, 0.5) is 0 Å². The van der Waals surface area contributed by atoms with Crippen molar-refractivity contribution in [1.29, 1.82) is 0 Å². The standard InChI is InChI=1S/C11H7ClN4O2S/c12-8-2-1-7(19-8)6-3-4-13-11-14-9(5-10(17)18)15-16(6)11/h1-4H,5H2,(H,17,18). The number of carboxylic acids is 1. The van der Waals surface area contributed by atoms with E-state index in [-0.39, 0.29) is 12.2 Å². The van der Waals surface area contributed by atoms with Gasteiger partial charge in [0.05, 0.1) is 14.9 Å². The highest BCUT2D eigenvalue weighted by atomic mass is 35.5. The number of hydrogen-bond acceptors (Lipinski definition) is 5. The molecule has 6 nitrogen and oxygen atoms in total. The van der Waals surface area contributed by atoms with E-state index in [1.807, 2.05) is 6.07 Å². The minimum Gasteiger partial charge on any atom is -0.481 e. The molecule has 0 aromatic carbocycles. The predicted molar refractivity (Wildman–Crippen MR) is 70.4 cm³/mol. The monoisotopic (exact) mass is 294 g/mol. The molecule has 0 aliphatic rings. The Morgan fingerprint density at radius 3 is 2.95 bits per heavy atom. The van der Waals surface area contributed by atoms with Crippen molar-refractivity contribution in [2.45, 2.75) is 6.42 Å². The highest BCUT2D eigenvalue weighted by Gasteiger charge is 2.13. The van der Waals surface area contributed by atoms with Crippen LogP contribution in [0.3, 0.4) is 0 Å². The van der Waals surface area contributed by atoms with Gasteiger partial charge in [-0.2, -0.15) is 9.50 Å². The van der Waals surface area contributed by atoms with E-state index in [0.29, 0.717) is 10.1 Å². The lowest BCUT2D eigenvalue weighted by Gasteiger charge is -1.99. The van der Waals surface area contributed by atoms with Gasteiger partial charge in [-0.1, -0.05) is 11.6 Å². The summed E-state index contributed by atoms with van der Waals surface area (Å²) in [4.78, 5) is 19.7. The quantitative estimate of drug-likeness (QED) is 0.800. The normalized spacial score (nSPS) is 11.0. The minimum absolute atomic E-state index is 0.228. The number of halogens is 1. The van der Waals surface area contributed by atoms with Crippen molar-refractivity contribution in [3.63, 3.8) is 0 Å². The Hall–Kier alpha value is -1.99. The third-order valence-corrected chi connectivity index (χ3v) is 3.67. The first-order chi connectivity index (χ1) is 9.13. The van der Waals surface area contributed by atoms with Crippen LogP contribution in [0.2, 0.25) is 4.34 Å². The van der Waals surface area contributed by atoms with Crippen molar-refractivity contribution in [3.8, 4) is 10.6 Å². The van der Waals surface area contributed by atoms with E-state index in [4.69, 9.17) is 16.7 Å². The molecule has 3 heterocycles. The molecule has 19 heavy (non-hydrogen) atoms. The van der Waals surface area contributed by atoms with Gasteiger partial charge in [-0.05, 0) is 18.2 Å². The summed E-state index contributed by atoms with van der Waals surface area (Å²) in [5, 5.41) is 12.9. The van der Waals surface area contributed by atoms with Crippen LogP contribution < -0.4 is 0 Å². The molecule has 1 N–H and O–H groups in total. The van der Waals surface area contributed by atoms with Gasteiger partial charge in [0.15, 0.2) is 5.82 Å². The molecule has 0 fully saturated rings. The van der Waals surface area contributed by atoms with Crippen LogP contribution >= 0.6 is 22.9 Å². The second-order valence-electron chi connectivity index (χ2n) is 3.74. The fourth-order valence-electron chi connectivity index (χ4n) is 1.68. The summed E-state index contributed by atoms with van der Waals surface area (Å²) in [7, 11) is 0. The van der Waals surface area contributed by atoms with Gasteiger partial charge in [0.25, 0.3) is 5.78 Å². The SMILES string of the molecule is O=C(O)Cc1nc2nccc(-c3ccc(Cl)s3)n2n1. The molecule has 3 aromatic heterocycles. The summed E-state index contributed by atoms with van der Waals surface area (Å²) in [5.74, 6) is -0.370. The van der Waals surface area contributed by atoms with E-state index < -0.39 is 5.97 Å². The zero-order valence-corrected chi connectivity index (χ0v) is 11.0. The van der Waals surface area contributed by atoms with E-state index >= 15 is 0 Å². The predicted octanol–water partition coefficient (Wildman–Crippen LogP) is 2.13.